The van der Waals surface area contributed by atoms with Crippen molar-refractivity contribution in [1.82, 2.24) is 9.80 Å². The molecule has 4 atom stereocenters. The zero-order valence-corrected chi connectivity index (χ0v) is 24.8. The van der Waals surface area contributed by atoms with Crippen LogP contribution in [0.2, 0.25) is 0 Å². The van der Waals surface area contributed by atoms with Crippen molar-refractivity contribution in [2.45, 2.75) is 57.2 Å². The molecule has 40 heavy (non-hydrogen) atoms. The van der Waals surface area contributed by atoms with Gasteiger partial charge in [-0.2, -0.15) is 0 Å². The summed E-state index contributed by atoms with van der Waals surface area (Å²) in [7, 11) is 6.82. The molecule has 1 saturated heterocycles. The van der Waals surface area contributed by atoms with Gasteiger partial charge in [0.15, 0.2) is 23.0 Å². The molecule has 0 saturated carbocycles. The van der Waals surface area contributed by atoms with E-state index in [1.165, 1.54) is 28.7 Å². The zero-order chi connectivity index (χ0) is 28.2. The molecule has 0 aliphatic carbocycles. The molecule has 2 aromatic rings. The van der Waals surface area contributed by atoms with Crippen LogP contribution in [0.15, 0.2) is 24.3 Å². The van der Waals surface area contributed by atoms with Crippen molar-refractivity contribution >= 4 is 0 Å². The monoisotopic (exact) mass is 554 g/mol. The number of fused-ring (bicyclic) bond motifs is 4. The van der Waals surface area contributed by atoms with E-state index in [2.05, 4.69) is 34.1 Å². The molecule has 3 aliphatic rings. The van der Waals surface area contributed by atoms with Gasteiger partial charge in [0.25, 0.3) is 0 Å². The third-order valence-corrected chi connectivity index (χ3v) is 9.12. The van der Waals surface area contributed by atoms with Gasteiger partial charge in [-0.1, -0.05) is 0 Å². The molecule has 2 aromatic carbocycles. The Morgan fingerprint density at radius 3 is 2.08 bits per heavy atom. The molecule has 220 valence electrons. The minimum Gasteiger partial charge on any atom is -0.493 e. The third kappa shape index (κ3) is 5.91. The molecule has 1 N–H and O–H groups in total. The number of aliphatic hydroxyl groups is 1. The van der Waals surface area contributed by atoms with Crippen molar-refractivity contribution in [1.29, 1.82) is 0 Å². The molecule has 8 nitrogen and oxygen atoms in total. The van der Waals surface area contributed by atoms with E-state index in [-0.39, 0.29) is 6.04 Å². The standard InChI is InChI=1S/C32H46N2O6/c1-6-40-20-24(35)19-34-12-9-23-16-30(37-3)32(39-5)18-26(23)28(34)14-21-7-10-33-11-8-22-15-29(36-2)31(38-4)17-25(22)27(33)13-21/h15-18,21,24,27-28,35H,6-14,19-20H2,1-5H3. The first-order valence-corrected chi connectivity index (χ1v) is 14.7. The summed E-state index contributed by atoms with van der Waals surface area (Å²) < 4.78 is 28.2. The zero-order valence-electron chi connectivity index (χ0n) is 24.8. The number of hydrogen-bond donors (Lipinski definition) is 1. The third-order valence-electron chi connectivity index (χ3n) is 9.12. The van der Waals surface area contributed by atoms with Crippen LogP contribution < -0.4 is 18.9 Å². The van der Waals surface area contributed by atoms with Crippen LogP contribution in [0.4, 0.5) is 0 Å². The Morgan fingerprint density at radius 2 is 1.43 bits per heavy atom. The summed E-state index contributed by atoms with van der Waals surface area (Å²) in [5.74, 6) is 3.71. The van der Waals surface area contributed by atoms with Crippen molar-refractivity contribution in [3.63, 3.8) is 0 Å². The number of piperidine rings is 1. The number of methoxy groups -OCH3 is 4. The Labute approximate surface area is 239 Å². The van der Waals surface area contributed by atoms with Crippen LogP contribution in [0, 0.1) is 5.92 Å². The van der Waals surface area contributed by atoms with Crippen LogP contribution in [0.25, 0.3) is 0 Å². The maximum atomic E-state index is 10.8. The van der Waals surface area contributed by atoms with Crippen LogP contribution in [0.5, 0.6) is 23.0 Å². The highest BCUT2D eigenvalue weighted by molar-refractivity contribution is 5.50. The van der Waals surface area contributed by atoms with Gasteiger partial charge in [0.2, 0.25) is 0 Å². The maximum Gasteiger partial charge on any atom is 0.161 e. The Balaban J connectivity index is 1.42. The van der Waals surface area contributed by atoms with Crippen molar-refractivity contribution in [3.8, 4) is 23.0 Å². The van der Waals surface area contributed by atoms with Crippen LogP contribution in [0.3, 0.4) is 0 Å². The number of aliphatic hydroxyl groups excluding tert-OH is 1. The summed E-state index contributed by atoms with van der Waals surface area (Å²) in [4.78, 5) is 5.12. The number of hydrogen-bond acceptors (Lipinski definition) is 8. The van der Waals surface area contributed by atoms with Crippen LogP contribution in [-0.4, -0.2) is 88.8 Å². The highest BCUT2D eigenvalue weighted by Crippen LogP contribution is 2.47. The lowest BCUT2D eigenvalue weighted by Gasteiger charge is -2.46. The SMILES string of the molecule is CCOCC(O)CN1CCc2cc(OC)c(OC)cc2C1CC1CCN2CCc3cc(OC)c(OC)cc3C2C1. The van der Waals surface area contributed by atoms with Crippen molar-refractivity contribution in [2.75, 3.05) is 67.8 Å². The predicted octanol–water partition coefficient (Wildman–Crippen LogP) is 4.42. The minimum absolute atomic E-state index is 0.199. The molecule has 3 heterocycles. The molecule has 0 spiro atoms. The van der Waals surface area contributed by atoms with Gasteiger partial charge in [-0.3, -0.25) is 9.80 Å². The van der Waals surface area contributed by atoms with E-state index in [0.29, 0.717) is 31.7 Å². The Hall–Kier alpha value is -2.52. The second-order valence-electron chi connectivity index (χ2n) is 11.3. The lowest BCUT2D eigenvalue weighted by Crippen LogP contribution is -2.44. The topological polar surface area (TPSA) is 72.9 Å². The fourth-order valence-electron chi connectivity index (χ4n) is 7.09. The molecule has 0 radical (unpaired) electrons. The first-order chi connectivity index (χ1) is 19.5. The molecule has 3 aliphatic heterocycles. The molecule has 4 unspecified atom stereocenters. The Bertz CT molecular complexity index is 1160. The molecule has 1 fully saturated rings. The fraction of sp³-hybridized carbons (Fsp3) is 0.625. The van der Waals surface area contributed by atoms with E-state index in [0.717, 1.165) is 68.3 Å². The van der Waals surface area contributed by atoms with Gasteiger partial charge in [0.1, 0.15) is 0 Å². The number of rotatable bonds is 11. The van der Waals surface area contributed by atoms with Crippen molar-refractivity contribution < 1.29 is 28.8 Å². The van der Waals surface area contributed by atoms with E-state index in [4.69, 9.17) is 23.7 Å². The first-order valence-electron chi connectivity index (χ1n) is 14.7. The lowest BCUT2D eigenvalue weighted by atomic mass is 9.77. The average molecular weight is 555 g/mol. The molecule has 0 aromatic heterocycles. The Kier molecular flexibility index (Phi) is 9.41. The smallest absolute Gasteiger partial charge is 0.161 e. The highest BCUT2D eigenvalue weighted by Gasteiger charge is 2.38. The lowest BCUT2D eigenvalue weighted by molar-refractivity contribution is 0.00388. The second-order valence-corrected chi connectivity index (χ2v) is 11.3. The summed E-state index contributed by atoms with van der Waals surface area (Å²) >= 11 is 0. The van der Waals surface area contributed by atoms with Crippen LogP contribution in [-0.2, 0) is 17.6 Å². The first kappa shape index (κ1) is 29.0. The summed E-state index contributed by atoms with van der Waals surface area (Å²) in [6.07, 6.45) is 4.77. The molecule has 0 amide bonds. The summed E-state index contributed by atoms with van der Waals surface area (Å²) in [6.45, 7) is 6.62. The van der Waals surface area contributed by atoms with Gasteiger partial charge >= 0.3 is 0 Å². The molecule has 0 bridgehead atoms. The summed E-state index contributed by atoms with van der Waals surface area (Å²) in [6, 6.07) is 9.28. The molecular weight excluding hydrogens is 508 g/mol. The Morgan fingerprint density at radius 1 is 0.825 bits per heavy atom. The normalized spacial score (nSPS) is 23.5. The number of ether oxygens (including phenoxy) is 5. The van der Waals surface area contributed by atoms with Crippen LogP contribution in [0.1, 0.15) is 60.5 Å². The van der Waals surface area contributed by atoms with Crippen molar-refractivity contribution in [2.24, 2.45) is 5.92 Å². The van der Waals surface area contributed by atoms with E-state index in [1.54, 1.807) is 28.4 Å². The number of β-amino-alcohol motifs (C(OH)–C–C–N with tert-alkyl or cyclic N) is 1. The van der Waals surface area contributed by atoms with Gasteiger partial charge in [-0.15, -0.1) is 0 Å². The maximum absolute atomic E-state index is 10.8. The van der Waals surface area contributed by atoms with Gasteiger partial charge in [0.05, 0.1) is 41.2 Å². The van der Waals surface area contributed by atoms with Gasteiger partial charge in [-0.05, 0) is 98.0 Å². The van der Waals surface area contributed by atoms with Gasteiger partial charge in [-0.25, -0.2) is 0 Å². The fourth-order valence-corrected chi connectivity index (χ4v) is 7.09. The van der Waals surface area contributed by atoms with Gasteiger partial charge in [0, 0.05) is 38.3 Å². The molecular formula is C32H46N2O6. The van der Waals surface area contributed by atoms with E-state index in [1.807, 2.05) is 6.92 Å². The second kappa shape index (κ2) is 13.0. The van der Waals surface area contributed by atoms with E-state index in [9.17, 15) is 5.11 Å². The van der Waals surface area contributed by atoms with E-state index >= 15 is 0 Å². The average Bonchev–Trinajstić information content (AvgIpc) is 2.99. The predicted molar refractivity (Wildman–Crippen MR) is 155 cm³/mol. The molecule has 5 rings (SSSR count). The quantitative estimate of drug-likeness (QED) is 0.438. The molecule has 8 heteroatoms. The summed E-state index contributed by atoms with van der Waals surface area (Å²) in [5, 5.41) is 10.8. The van der Waals surface area contributed by atoms with Crippen LogP contribution >= 0.6 is 0 Å². The van der Waals surface area contributed by atoms with E-state index < -0.39 is 6.10 Å². The summed E-state index contributed by atoms with van der Waals surface area (Å²) in [5.41, 5.74) is 5.37. The minimum atomic E-state index is -0.515. The highest BCUT2D eigenvalue weighted by atomic mass is 16.5. The largest absolute Gasteiger partial charge is 0.493 e. The van der Waals surface area contributed by atoms with Crippen molar-refractivity contribution in [3.05, 3.63) is 46.5 Å². The number of nitrogens with zero attached hydrogens (tertiary/aromatic N) is 2. The van der Waals surface area contributed by atoms with Gasteiger partial charge < -0.3 is 28.8 Å². The number of benzene rings is 2.